The molecule has 1 aromatic rings. The Hall–Kier alpha value is -1.39. The molecule has 0 aliphatic carbocycles. The summed E-state index contributed by atoms with van der Waals surface area (Å²) in [6.45, 7) is 0.00526. The summed E-state index contributed by atoms with van der Waals surface area (Å²) < 4.78 is 30.4. The number of sulfonamides is 1. The molecule has 0 aromatic carbocycles. The third kappa shape index (κ3) is 4.33. The molecular weight excluding hydrogens is 344 g/mol. The first kappa shape index (κ1) is 15.7. The Morgan fingerprint density at radius 2 is 2.11 bits per heavy atom. The second-order valence-corrected chi connectivity index (χ2v) is 5.98. The van der Waals surface area contributed by atoms with E-state index < -0.39 is 27.7 Å². The standard InChI is InChI=1S/C9H11BrN2O6S/c10-8-6(4-5(18-8)9(14)15)19(16,17)12-3-1-2-7(11)13/h4,12H,1-3H2,(H2,11,13)(H,14,15). The minimum Gasteiger partial charge on any atom is -0.475 e. The van der Waals surface area contributed by atoms with E-state index in [2.05, 4.69) is 20.7 Å². The van der Waals surface area contributed by atoms with E-state index in [4.69, 9.17) is 15.3 Å². The summed E-state index contributed by atoms with van der Waals surface area (Å²) in [5.74, 6) is -2.41. The van der Waals surface area contributed by atoms with Gasteiger partial charge in [-0.05, 0) is 22.4 Å². The number of aromatic carboxylic acids is 1. The molecule has 10 heteroatoms. The van der Waals surface area contributed by atoms with Gasteiger partial charge in [0.2, 0.25) is 21.7 Å². The average Bonchev–Trinajstić information content (AvgIpc) is 2.67. The fourth-order valence-electron chi connectivity index (χ4n) is 1.19. The van der Waals surface area contributed by atoms with Gasteiger partial charge in [-0.3, -0.25) is 4.79 Å². The molecule has 0 saturated heterocycles. The lowest BCUT2D eigenvalue weighted by atomic mass is 10.3. The van der Waals surface area contributed by atoms with Crippen LogP contribution in [0.3, 0.4) is 0 Å². The van der Waals surface area contributed by atoms with E-state index in [1.54, 1.807) is 0 Å². The summed E-state index contributed by atoms with van der Waals surface area (Å²) in [6.07, 6.45) is 0.297. The monoisotopic (exact) mass is 354 g/mol. The fraction of sp³-hybridized carbons (Fsp3) is 0.333. The van der Waals surface area contributed by atoms with Gasteiger partial charge in [0.15, 0.2) is 4.67 Å². The Balaban J connectivity index is 2.77. The largest absolute Gasteiger partial charge is 0.475 e. The van der Waals surface area contributed by atoms with Crippen molar-refractivity contribution in [2.24, 2.45) is 5.73 Å². The van der Waals surface area contributed by atoms with Crippen molar-refractivity contribution in [2.45, 2.75) is 17.7 Å². The summed E-state index contributed by atoms with van der Waals surface area (Å²) in [6, 6.07) is 0.892. The molecule has 0 unspecified atom stereocenters. The number of hydrogen-bond donors (Lipinski definition) is 3. The molecule has 0 atom stereocenters. The van der Waals surface area contributed by atoms with Crippen LogP contribution in [0.2, 0.25) is 0 Å². The van der Waals surface area contributed by atoms with Crippen LogP contribution in [0, 0.1) is 0 Å². The van der Waals surface area contributed by atoms with Crippen molar-refractivity contribution in [3.05, 3.63) is 16.5 Å². The number of carboxylic acids is 1. The summed E-state index contributed by atoms with van der Waals surface area (Å²) in [4.78, 5) is 20.8. The Bertz CT molecular complexity index is 594. The molecule has 1 aromatic heterocycles. The van der Waals surface area contributed by atoms with Gasteiger partial charge >= 0.3 is 5.97 Å². The number of hydrogen-bond acceptors (Lipinski definition) is 5. The minimum absolute atomic E-state index is 0.00526. The van der Waals surface area contributed by atoms with Crippen LogP contribution in [0.1, 0.15) is 23.4 Å². The van der Waals surface area contributed by atoms with Gasteiger partial charge in [-0.1, -0.05) is 0 Å². The highest BCUT2D eigenvalue weighted by Crippen LogP contribution is 2.25. The normalized spacial score (nSPS) is 11.4. The van der Waals surface area contributed by atoms with Gasteiger partial charge in [0, 0.05) is 19.0 Å². The van der Waals surface area contributed by atoms with Crippen molar-refractivity contribution >= 4 is 37.8 Å². The molecule has 0 saturated carbocycles. The predicted octanol–water partition coefficient (Wildman–Crippen LogP) is 0.284. The molecule has 0 aliphatic heterocycles. The summed E-state index contributed by atoms with van der Waals surface area (Å²) >= 11 is 2.83. The smallest absolute Gasteiger partial charge is 0.371 e. The van der Waals surface area contributed by atoms with Gasteiger partial charge in [0.1, 0.15) is 4.90 Å². The molecule has 0 fully saturated rings. The lowest BCUT2D eigenvalue weighted by Crippen LogP contribution is -2.25. The van der Waals surface area contributed by atoms with Crippen molar-refractivity contribution in [1.82, 2.24) is 4.72 Å². The van der Waals surface area contributed by atoms with Crippen LogP contribution in [0.4, 0.5) is 0 Å². The van der Waals surface area contributed by atoms with Crippen LogP contribution >= 0.6 is 15.9 Å². The average molecular weight is 355 g/mol. The number of carboxylic acid groups (broad SMARTS) is 1. The quantitative estimate of drug-likeness (QED) is 0.601. The number of primary amides is 1. The van der Waals surface area contributed by atoms with Crippen LogP contribution < -0.4 is 10.5 Å². The second kappa shape index (κ2) is 6.17. The zero-order valence-corrected chi connectivity index (χ0v) is 12.0. The van der Waals surface area contributed by atoms with Gasteiger partial charge in [0.25, 0.3) is 0 Å². The lowest BCUT2D eigenvalue weighted by molar-refractivity contribution is -0.118. The van der Waals surface area contributed by atoms with E-state index in [1.165, 1.54) is 0 Å². The van der Waals surface area contributed by atoms with Gasteiger partial charge in [-0.25, -0.2) is 17.9 Å². The van der Waals surface area contributed by atoms with E-state index in [1.807, 2.05) is 0 Å². The molecular formula is C9H11BrN2O6S. The maximum Gasteiger partial charge on any atom is 0.371 e. The summed E-state index contributed by atoms with van der Waals surface area (Å²) in [7, 11) is -3.91. The molecule has 0 bridgehead atoms. The molecule has 1 amide bonds. The van der Waals surface area contributed by atoms with Crippen molar-refractivity contribution in [3.8, 4) is 0 Å². The van der Waals surface area contributed by atoms with Crippen molar-refractivity contribution in [1.29, 1.82) is 0 Å². The molecule has 0 radical (unpaired) electrons. The molecule has 106 valence electrons. The van der Waals surface area contributed by atoms with Gasteiger partial charge < -0.3 is 15.3 Å². The zero-order valence-electron chi connectivity index (χ0n) is 9.55. The van der Waals surface area contributed by atoms with Crippen molar-refractivity contribution < 1.29 is 27.5 Å². The van der Waals surface area contributed by atoms with Crippen LogP contribution in [-0.2, 0) is 14.8 Å². The third-order valence-corrected chi connectivity index (χ3v) is 4.37. The number of nitrogens with two attached hydrogens (primary N) is 1. The van der Waals surface area contributed by atoms with Crippen molar-refractivity contribution in [2.75, 3.05) is 6.54 Å². The number of halogens is 1. The van der Waals surface area contributed by atoms with Gasteiger partial charge in [0.05, 0.1) is 0 Å². The molecule has 1 rings (SSSR count). The Morgan fingerprint density at radius 3 is 2.58 bits per heavy atom. The molecule has 8 nitrogen and oxygen atoms in total. The first-order valence-corrected chi connectivity index (χ1v) is 7.32. The predicted molar refractivity (Wildman–Crippen MR) is 67.0 cm³/mol. The number of nitrogens with one attached hydrogen (secondary N) is 1. The topological polar surface area (TPSA) is 140 Å². The van der Waals surface area contributed by atoms with Gasteiger partial charge in [-0.2, -0.15) is 0 Å². The number of amides is 1. The van der Waals surface area contributed by atoms with Crippen LogP contribution in [0.5, 0.6) is 0 Å². The van der Waals surface area contributed by atoms with E-state index in [-0.39, 0.29) is 29.0 Å². The van der Waals surface area contributed by atoms with E-state index in [0.29, 0.717) is 0 Å². The molecule has 0 aliphatic rings. The summed E-state index contributed by atoms with van der Waals surface area (Å²) in [5, 5.41) is 8.68. The Morgan fingerprint density at radius 1 is 1.47 bits per heavy atom. The second-order valence-electron chi connectivity index (χ2n) is 3.52. The van der Waals surface area contributed by atoms with E-state index >= 15 is 0 Å². The number of furan rings is 1. The summed E-state index contributed by atoms with van der Waals surface area (Å²) in [5.41, 5.74) is 4.91. The highest BCUT2D eigenvalue weighted by Gasteiger charge is 2.24. The maximum atomic E-state index is 11.8. The maximum absolute atomic E-state index is 11.8. The minimum atomic E-state index is -3.91. The first-order valence-electron chi connectivity index (χ1n) is 5.04. The van der Waals surface area contributed by atoms with Crippen LogP contribution in [0.15, 0.2) is 20.0 Å². The lowest BCUT2D eigenvalue weighted by Gasteiger charge is -2.03. The number of carbonyl (C=O) groups excluding carboxylic acids is 1. The van der Waals surface area contributed by atoms with Crippen LogP contribution in [0.25, 0.3) is 0 Å². The van der Waals surface area contributed by atoms with Crippen LogP contribution in [-0.4, -0.2) is 31.9 Å². The fourth-order valence-corrected chi connectivity index (χ4v) is 3.20. The molecule has 4 N–H and O–H groups in total. The molecule has 1 heterocycles. The SMILES string of the molecule is NC(=O)CCCNS(=O)(=O)c1cc(C(=O)O)oc1Br. The first-order chi connectivity index (χ1) is 8.74. The van der Waals surface area contributed by atoms with Crippen molar-refractivity contribution in [3.63, 3.8) is 0 Å². The Labute approximate surface area is 117 Å². The highest BCUT2D eigenvalue weighted by molar-refractivity contribution is 9.10. The van der Waals surface area contributed by atoms with Gasteiger partial charge in [-0.15, -0.1) is 0 Å². The van der Waals surface area contributed by atoms with E-state index in [0.717, 1.165) is 6.07 Å². The van der Waals surface area contributed by atoms with E-state index in [9.17, 15) is 18.0 Å². The molecule has 0 spiro atoms. The molecule has 19 heavy (non-hydrogen) atoms. The number of carbonyl (C=O) groups is 2. The Kier molecular flexibility index (Phi) is 5.09. The number of rotatable bonds is 7. The highest BCUT2D eigenvalue weighted by atomic mass is 79.9. The zero-order chi connectivity index (χ0) is 14.6. The third-order valence-electron chi connectivity index (χ3n) is 2.05.